The van der Waals surface area contributed by atoms with Crippen molar-refractivity contribution in [3.8, 4) is 17.5 Å². The third-order valence-corrected chi connectivity index (χ3v) is 7.20. The van der Waals surface area contributed by atoms with Crippen molar-refractivity contribution < 1.29 is 21.8 Å². The van der Waals surface area contributed by atoms with Gasteiger partial charge in [-0.3, -0.25) is 9.38 Å². The average molecular weight is 453 g/mol. The Kier molecular flexibility index (Phi) is 5.81. The molecule has 0 saturated carbocycles. The van der Waals surface area contributed by atoms with E-state index in [9.17, 15) is 27.0 Å². The number of hydrogen-bond donors (Lipinski definition) is 0. The number of hydrogen-bond acceptors (Lipinski definition) is 7. The highest BCUT2D eigenvalue weighted by Crippen LogP contribution is 2.31. The number of aromatic nitrogens is 4. The van der Waals surface area contributed by atoms with Gasteiger partial charge < -0.3 is 4.55 Å². The molecule has 1 atom stereocenters. The average Bonchev–Trinajstić information content (AvgIpc) is 3.15. The van der Waals surface area contributed by atoms with Crippen LogP contribution in [0.25, 0.3) is 17.0 Å². The number of sulfone groups is 1. The van der Waals surface area contributed by atoms with Crippen molar-refractivity contribution in [1.29, 1.82) is 5.26 Å². The van der Waals surface area contributed by atoms with Gasteiger partial charge in [-0.2, -0.15) is 19.0 Å². The normalized spacial score (nSPS) is 13.5. The Morgan fingerprint density at radius 3 is 2.63 bits per heavy atom. The van der Waals surface area contributed by atoms with Crippen LogP contribution in [0.5, 0.6) is 0 Å². The van der Waals surface area contributed by atoms with Gasteiger partial charge in [0.2, 0.25) is 0 Å². The molecule has 0 spiro atoms. The minimum absolute atomic E-state index is 0.0644. The van der Waals surface area contributed by atoms with Gasteiger partial charge in [0.1, 0.15) is 23.4 Å². The highest BCUT2D eigenvalue weighted by molar-refractivity contribution is 7.91. The predicted molar refractivity (Wildman–Crippen MR) is 105 cm³/mol. The van der Waals surface area contributed by atoms with E-state index in [0.29, 0.717) is 5.56 Å². The first kappa shape index (κ1) is 22.1. The molecule has 30 heavy (non-hydrogen) atoms. The van der Waals surface area contributed by atoms with Crippen molar-refractivity contribution in [3.63, 3.8) is 0 Å². The van der Waals surface area contributed by atoms with Gasteiger partial charge in [0.05, 0.1) is 39.4 Å². The summed E-state index contributed by atoms with van der Waals surface area (Å²) in [4.78, 5) is 12.2. The Balaban J connectivity index is 2.19. The van der Waals surface area contributed by atoms with E-state index < -0.39 is 32.2 Å². The zero-order valence-corrected chi connectivity index (χ0v) is 17.8. The summed E-state index contributed by atoms with van der Waals surface area (Å²) < 4.78 is 63.8. The standard InChI is InChI=1S/C18H17F2N5O3S2/c1-4-30(27,28)13-5-11(18(2,3)9-21)7-22-16(13)12-8-25-10-23-15(6-14(25)24-12)29(26)17(19)20/h5-8,10,17H,4H2,1-3H3. The number of pyridine rings is 1. The molecule has 0 amide bonds. The molecule has 1 unspecified atom stereocenters. The second-order valence-electron chi connectivity index (χ2n) is 6.89. The van der Waals surface area contributed by atoms with Crippen LogP contribution in [0.15, 0.2) is 40.8 Å². The zero-order chi connectivity index (χ0) is 22.3. The molecule has 0 N–H and O–H groups in total. The lowest BCUT2D eigenvalue weighted by Crippen LogP contribution is -2.16. The predicted octanol–water partition coefficient (Wildman–Crippen LogP) is 2.72. The summed E-state index contributed by atoms with van der Waals surface area (Å²) in [7, 11) is -3.72. The molecule has 3 heterocycles. The fourth-order valence-corrected chi connectivity index (χ4v) is 4.25. The number of halogens is 2. The van der Waals surface area contributed by atoms with Gasteiger partial charge in [-0.1, -0.05) is 6.92 Å². The monoisotopic (exact) mass is 453 g/mol. The van der Waals surface area contributed by atoms with E-state index in [4.69, 9.17) is 0 Å². The number of imidazole rings is 1. The number of alkyl halides is 2. The van der Waals surface area contributed by atoms with Gasteiger partial charge in [-0.15, -0.1) is 0 Å². The largest absolute Gasteiger partial charge is 0.606 e. The van der Waals surface area contributed by atoms with E-state index in [2.05, 4.69) is 21.0 Å². The maximum atomic E-state index is 12.7. The van der Waals surface area contributed by atoms with E-state index in [0.717, 1.165) is 6.07 Å². The summed E-state index contributed by atoms with van der Waals surface area (Å²) in [5, 5.41) is 9.02. The Morgan fingerprint density at radius 1 is 1.33 bits per heavy atom. The molecule has 158 valence electrons. The fraction of sp³-hybridized carbons (Fsp3) is 0.333. The molecule has 0 aliphatic carbocycles. The van der Waals surface area contributed by atoms with Gasteiger partial charge >= 0.3 is 5.76 Å². The van der Waals surface area contributed by atoms with Crippen molar-refractivity contribution in [3.05, 3.63) is 36.4 Å². The lowest BCUT2D eigenvalue weighted by molar-refractivity contribution is 0.234. The molecule has 12 heteroatoms. The van der Waals surface area contributed by atoms with Crippen LogP contribution in [-0.2, 0) is 26.4 Å². The Hall–Kier alpha value is -2.62. The van der Waals surface area contributed by atoms with E-state index in [1.807, 2.05) is 0 Å². The molecular formula is C18H17F2N5O3S2. The van der Waals surface area contributed by atoms with Crippen LogP contribution in [0.3, 0.4) is 0 Å². The fourth-order valence-electron chi connectivity index (χ4n) is 2.63. The first-order valence-corrected chi connectivity index (χ1v) is 11.5. The highest BCUT2D eigenvalue weighted by atomic mass is 32.2. The SMILES string of the molecule is CCS(=O)(=O)c1cc(C(C)(C)C#N)cnc1-c1cn2cnc([S+]([O-])C(F)F)cc2n1. The lowest BCUT2D eigenvalue weighted by Gasteiger charge is -2.17. The summed E-state index contributed by atoms with van der Waals surface area (Å²) in [5.41, 5.74) is -0.131. The van der Waals surface area contributed by atoms with Crippen molar-refractivity contribution in [1.82, 2.24) is 19.4 Å². The van der Waals surface area contributed by atoms with E-state index in [1.54, 1.807) is 13.8 Å². The topological polar surface area (TPSA) is 124 Å². The van der Waals surface area contributed by atoms with E-state index in [-0.39, 0.29) is 32.7 Å². The van der Waals surface area contributed by atoms with Crippen molar-refractivity contribution in [2.75, 3.05) is 5.75 Å². The molecule has 3 rings (SSSR count). The minimum atomic E-state index is -3.72. The van der Waals surface area contributed by atoms with Gasteiger partial charge in [-0.05, 0) is 25.5 Å². The van der Waals surface area contributed by atoms with Crippen LogP contribution < -0.4 is 0 Å². The van der Waals surface area contributed by atoms with Crippen LogP contribution in [0.2, 0.25) is 0 Å². The Morgan fingerprint density at radius 2 is 2.03 bits per heavy atom. The molecule has 0 bridgehead atoms. The molecule has 8 nitrogen and oxygen atoms in total. The maximum absolute atomic E-state index is 12.7. The molecule has 3 aromatic rings. The van der Waals surface area contributed by atoms with Crippen LogP contribution in [0, 0.1) is 11.3 Å². The van der Waals surface area contributed by atoms with Gasteiger partial charge in [0.15, 0.2) is 9.84 Å². The second-order valence-corrected chi connectivity index (χ2v) is 10.5. The smallest absolute Gasteiger partial charge is 0.403 e. The summed E-state index contributed by atoms with van der Waals surface area (Å²) in [6.45, 7) is 4.78. The van der Waals surface area contributed by atoms with Crippen LogP contribution in [-0.4, -0.2) is 43.8 Å². The molecule has 3 aromatic heterocycles. The number of nitrogens with zero attached hydrogens (tertiary/aromatic N) is 5. The molecular weight excluding hydrogens is 436 g/mol. The van der Waals surface area contributed by atoms with E-state index >= 15 is 0 Å². The summed E-state index contributed by atoms with van der Waals surface area (Å²) in [5.74, 6) is -3.28. The number of fused-ring (bicyclic) bond motifs is 1. The molecule has 0 fully saturated rings. The van der Waals surface area contributed by atoms with Crippen molar-refractivity contribution in [2.45, 2.75) is 41.9 Å². The zero-order valence-electron chi connectivity index (χ0n) is 16.2. The quantitative estimate of drug-likeness (QED) is 0.415. The minimum Gasteiger partial charge on any atom is -0.606 e. The van der Waals surface area contributed by atoms with Crippen molar-refractivity contribution in [2.24, 2.45) is 0 Å². The lowest BCUT2D eigenvalue weighted by atomic mass is 9.87. The first-order valence-electron chi connectivity index (χ1n) is 8.68. The molecule has 0 aliphatic rings. The molecule has 0 radical (unpaired) electrons. The number of rotatable bonds is 6. The van der Waals surface area contributed by atoms with Crippen LogP contribution >= 0.6 is 0 Å². The Bertz CT molecular complexity index is 1250. The maximum Gasteiger partial charge on any atom is 0.403 e. The summed E-state index contributed by atoms with van der Waals surface area (Å²) in [6.07, 6.45) is 4.03. The van der Waals surface area contributed by atoms with Gasteiger partial charge in [0, 0.05) is 12.4 Å². The number of nitriles is 1. The molecule has 0 aliphatic heterocycles. The van der Waals surface area contributed by atoms with Crippen molar-refractivity contribution >= 4 is 26.7 Å². The molecule has 0 saturated heterocycles. The third-order valence-electron chi connectivity index (χ3n) is 4.50. The van der Waals surface area contributed by atoms with E-state index in [1.165, 1.54) is 36.1 Å². The van der Waals surface area contributed by atoms with Gasteiger partial charge in [-0.25, -0.2) is 13.4 Å². The van der Waals surface area contributed by atoms with Crippen LogP contribution in [0.4, 0.5) is 8.78 Å². The van der Waals surface area contributed by atoms with Gasteiger partial charge in [0.25, 0.3) is 5.03 Å². The highest BCUT2D eigenvalue weighted by Gasteiger charge is 2.28. The summed E-state index contributed by atoms with van der Waals surface area (Å²) >= 11 is -2.60. The Labute approximate surface area is 174 Å². The molecule has 0 aromatic carbocycles. The van der Waals surface area contributed by atoms with Crippen LogP contribution in [0.1, 0.15) is 26.3 Å². The second kappa shape index (κ2) is 7.90. The summed E-state index contributed by atoms with van der Waals surface area (Å²) in [6, 6.07) is 4.66. The third kappa shape index (κ3) is 4.00. The first-order chi connectivity index (χ1) is 14.0.